The zero-order valence-corrected chi connectivity index (χ0v) is 17.9. The third-order valence-electron chi connectivity index (χ3n) is 5.17. The zero-order chi connectivity index (χ0) is 22.5. The summed E-state index contributed by atoms with van der Waals surface area (Å²) in [5, 5.41) is 3.35. The van der Waals surface area contributed by atoms with E-state index in [9.17, 15) is 14.0 Å². The lowest BCUT2D eigenvalue weighted by Crippen LogP contribution is -2.49. The van der Waals surface area contributed by atoms with Gasteiger partial charge < -0.3 is 19.5 Å². The van der Waals surface area contributed by atoms with Crippen LogP contribution in [0.2, 0.25) is 5.02 Å². The second-order valence-corrected chi connectivity index (χ2v) is 7.70. The molecule has 0 spiro atoms. The molecule has 3 aromatic rings. The highest BCUT2D eigenvalue weighted by molar-refractivity contribution is 6.31. The summed E-state index contributed by atoms with van der Waals surface area (Å²) in [6, 6.07) is 14.7. The van der Waals surface area contributed by atoms with Gasteiger partial charge in [0.15, 0.2) is 0 Å². The van der Waals surface area contributed by atoms with Crippen LogP contribution < -0.4 is 10.2 Å². The minimum atomic E-state index is -0.523. The van der Waals surface area contributed by atoms with Crippen LogP contribution in [-0.2, 0) is 4.79 Å². The van der Waals surface area contributed by atoms with E-state index in [0.29, 0.717) is 42.6 Å². The first-order chi connectivity index (χ1) is 15.5. The molecule has 0 unspecified atom stereocenters. The van der Waals surface area contributed by atoms with E-state index in [0.717, 1.165) is 5.69 Å². The maximum Gasteiger partial charge on any atom is 0.256 e. The average molecular weight is 454 g/mol. The molecule has 1 aliphatic heterocycles. The first-order valence-corrected chi connectivity index (χ1v) is 10.5. The van der Waals surface area contributed by atoms with Crippen molar-refractivity contribution in [2.75, 3.05) is 36.4 Å². The number of nitrogens with one attached hydrogen (secondary N) is 1. The van der Waals surface area contributed by atoms with Gasteiger partial charge in [-0.15, -0.1) is 0 Å². The molecule has 0 atom stereocenters. The number of carbonyl (C=O) groups is 2. The van der Waals surface area contributed by atoms with Crippen molar-refractivity contribution in [1.29, 1.82) is 0 Å². The quantitative estimate of drug-likeness (QED) is 0.569. The van der Waals surface area contributed by atoms with E-state index in [4.69, 9.17) is 16.0 Å². The standard InChI is InChI=1S/C24H21ClFN3O3/c25-17-7-9-22(21(16-17)27-23(30)10-8-18-4-3-15-32-18)28-11-13-29(14-12-28)24(31)19-5-1-2-6-20(19)26/h1-10,15-16H,11-14H2,(H,27,30)/b10-8+. The Morgan fingerprint density at radius 3 is 2.53 bits per heavy atom. The van der Waals surface area contributed by atoms with Gasteiger partial charge in [-0.25, -0.2) is 4.39 Å². The topological polar surface area (TPSA) is 65.8 Å². The fraction of sp³-hybridized carbons (Fsp3) is 0.167. The van der Waals surface area contributed by atoms with Crippen LogP contribution in [0.3, 0.4) is 0 Å². The largest absolute Gasteiger partial charge is 0.465 e. The summed E-state index contributed by atoms with van der Waals surface area (Å²) >= 11 is 6.15. The Kier molecular flexibility index (Phi) is 6.56. The van der Waals surface area contributed by atoms with Crippen LogP contribution in [0, 0.1) is 5.82 Å². The van der Waals surface area contributed by atoms with Crippen LogP contribution in [-0.4, -0.2) is 42.9 Å². The molecule has 1 saturated heterocycles. The lowest BCUT2D eigenvalue weighted by Gasteiger charge is -2.37. The average Bonchev–Trinajstić information content (AvgIpc) is 3.32. The highest BCUT2D eigenvalue weighted by Crippen LogP contribution is 2.30. The minimum Gasteiger partial charge on any atom is -0.465 e. The molecule has 2 heterocycles. The number of carbonyl (C=O) groups excluding carboxylic acids is 2. The third kappa shape index (κ3) is 5.00. The van der Waals surface area contributed by atoms with Gasteiger partial charge in [0.1, 0.15) is 11.6 Å². The number of rotatable bonds is 5. The van der Waals surface area contributed by atoms with Crippen molar-refractivity contribution in [2.45, 2.75) is 0 Å². The molecule has 1 N–H and O–H groups in total. The Morgan fingerprint density at radius 2 is 1.81 bits per heavy atom. The fourth-order valence-electron chi connectivity index (χ4n) is 3.56. The first-order valence-electron chi connectivity index (χ1n) is 10.1. The monoisotopic (exact) mass is 453 g/mol. The van der Waals surface area contributed by atoms with Gasteiger partial charge in [0.25, 0.3) is 5.91 Å². The molecule has 0 saturated carbocycles. The molecular weight excluding hydrogens is 433 g/mol. The van der Waals surface area contributed by atoms with E-state index >= 15 is 0 Å². The normalized spacial score (nSPS) is 14.1. The summed E-state index contributed by atoms with van der Waals surface area (Å²) in [6.07, 6.45) is 4.49. The maximum atomic E-state index is 14.0. The number of hydrogen-bond acceptors (Lipinski definition) is 4. The summed E-state index contributed by atoms with van der Waals surface area (Å²) in [5.41, 5.74) is 1.44. The van der Waals surface area contributed by atoms with E-state index < -0.39 is 5.82 Å². The Morgan fingerprint density at radius 1 is 1.03 bits per heavy atom. The molecule has 0 aliphatic carbocycles. The van der Waals surface area contributed by atoms with Crippen molar-refractivity contribution in [3.63, 3.8) is 0 Å². The molecule has 164 valence electrons. The predicted molar refractivity (Wildman–Crippen MR) is 122 cm³/mol. The molecule has 1 fully saturated rings. The van der Waals surface area contributed by atoms with Gasteiger partial charge >= 0.3 is 0 Å². The smallest absolute Gasteiger partial charge is 0.256 e. The number of furan rings is 1. The van der Waals surface area contributed by atoms with Crippen molar-refractivity contribution in [1.82, 2.24) is 4.90 Å². The summed E-state index contributed by atoms with van der Waals surface area (Å²) in [4.78, 5) is 28.8. The fourth-order valence-corrected chi connectivity index (χ4v) is 3.73. The predicted octanol–water partition coefficient (Wildman–Crippen LogP) is 4.69. The molecule has 1 aliphatic rings. The number of nitrogens with zero attached hydrogens (tertiary/aromatic N) is 2. The molecule has 8 heteroatoms. The second kappa shape index (κ2) is 9.70. The van der Waals surface area contributed by atoms with E-state index in [2.05, 4.69) is 10.2 Å². The number of piperazine rings is 1. The molecule has 0 bridgehead atoms. The van der Waals surface area contributed by atoms with Crippen molar-refractivity contribution in [3.8, 4) is 0 Å². The Labute approximate surface area is 189 Å². The van der Waals surface area contributed by atoms with Crippen molar-refractivity contribution >= 4 is 40.9 Å². The minimum absolute atomic E-state index is 0.0729. The molecule has 2 aromatic carbocycles. The van der Waals surface area contributed by atoms with Crippen LogP contribution in [0.25, 0.3) is 6.08 Å². The van der Waals surface area contributed by atoms with Crippen LogP contribution in [0.1, 0.15) is 16.1 Å². The SMILES string of the molecule is O=C(/C=C/c1ccco1)Nc1cc(Cl)ccc1N1CCN(C(=O)c2ccccc2F)CC1. The summed E-state index contributed by atoms with van der Waals surface area (Å²) < 4.78 is 19.2. The van der Waals surface area contributed by atoms with Gasteiger partial charge in [-0.1, -0.05) is 23.7 Å². The zero-order valence-electron chi connectivity index (χ0n) is 17.1. The van der Waals surface area contributed by atoms with Gasteiger partial charge in [-0.05, 0) is 48.5 Å². The van der Waals surface area contributed by atoms with Crippen molar-refractivity contribution in [2.24, 2.45) is 0 Å². The molecule has 6 nitrogen and oxygen atoms in total. The Hall–Kier alpha value is -3.58. The molecule has 2 amide bonds. The van der Waals surface area contributed by atoms with Crippen LogP contribution >= 0.6 is 11.6 Å². The van der Waals surface area contributed by atoms with Gasteiger partial charge in [0.05, 0.1) is 23.2 Å². The van der Waals surface area contributed by atoms with Gasteiger partial charge in [-0.2, -0.15) is 0 Å². The Balaban J connectivity index is 1.44. The summed E-state index contributed by atoms with van der Waals surface area (Å²) in [7, 11) is 0. The van der Waals surface area contributed by atoms with E-state index in [1.165, 1.54) is 24.5 Å². The third-order valence-corrected chi connectivity index (χ3v) is 5.41. The maximum absolute atomic E-state index is 14.0. The van der Waals surface area contributed by atoms with Gasteiger partial charge in [-0.3, -0.25) is 9.59 Å². The van der Waals surface area contributed by atoms with Gasteiger partial charge in [0, 0.05) is 37.3 Å². The molecular formula is C24H21ClFN3O3. The number of anilines is 2. The first kappa shape index (κ1) is 21.6. The lowest BCUT2D eigenvalue weighted by atomic mass is 10.1. The van der Waals surface area contributed by atoms with Crippen molar-refractivity contribution < 1.29 is 18.4 Å². The van der Waals surface area contributed by atoms with E-state index in [1.54, 1.807) is 47.4 Å². The molecule has 32 heavy (non-hydrogen) atoms. The highest BCUT2D eigenvalue weighted by Gasteiger charge is 2.25. The van der Waals surface area contributed by atoms with Crippen molar-refractivity contribution in [3.05, 3.63) is 89.1 Å². The molecule has 1 aromatic heterocycles. The van der Waals surface area contributed by atoms with E-state index in [1.807, 2.05) is 6.07 Å². The summed E-state index contributed by atoms with van der Waals surface area (Å²) in [5.74, 6) is -0.596. The highest BCUT2D eigenvalue weighted by atomic mass is 35.5. The van der Waals surface area contributed by atoms with Crippen LogP contribution in [0.5, 0.6) is 0 Å². The van der Waals surface area contributed by atoms with E-state index in [-0.39, 0.29) is 17.4 Å². The number of benzene rings is 2. The number of hydrogen-bond donors (Lipinski definition) is 1. The summed E-state index contributed by atoms with van der Waals surface area (Å²) in [6.45, 7) is 1.93. The molecule has 4 rings (SSSR count). The second-order valence-electron chi connectivity index (χ2n) is 7.26. The Bertz CT molecular complexity index is 1140. The number of amides is 2. The molecule has 0 radical (unpaired) electrons. The van der Waals surface area contributed by atoms with Crippen LogP contribution in [0.4, 0.5) is 15.8 Å². The van der Waals surface area contributed by atoms with Crippen LogP contribution in [0.15, 0.2) is 71.4 Å². The lowest BCUT2D eigenvalue weighted by molar-refractivity contribution is -0.111. The number of halogens is 2. The van der Waals surface area contributed by atoms with Gasteiger partial charge in [0.2, 0.25) is 5.91 Å².